The highest BCUT2D eigenvalue weighted by atomic mass is 19.4. The summed E-state index contributed by atoms with van der Waals surface area (Å²) in [5, 5.41) is 14.9. The fraction of sp³-hybridized carbons (Fsp3) is 0.500. The first-order valence-electron chi connectivity index (χ1n) is 10.8. The van der Waals surface area contributed by atoms with Crippen molar-refractivity contribution in [3.8, 4) is 0 Å². The number of ether oxygens (including phenoxy) is 1. The van der Waals surface area contributed by atoms with Crippen LogP contribution >= 0.6 is 0 Å². The van der Waals surface area contributed by atoms with E-state index in [2.05, 4.69) is 31.5 Å². The minimum Gasteiger partial charge on any atom is -0.376 e. The fourth-order valence-electron chi connectivity index (χ4n) is 3.22. The molecular formula is C20H24F6N8O5. The zero-order chi connectivity index (χ0) is 29.7. The van der Waals surface area contributed by atoms with Gasteiger partial charge in [0.1, 0.15) is 12.1 Å². The predicted molar refractivity (Wildman–Crippen MR) is 118 cm³/mol. The maximum atomic E-state index is 13.2. The molecule has 0 spiro atoms. The Kier molecular flexibility index (Phi) is 9.66. The molecule has 2 unspecified atom stereocenters. The first kappa shape index (κ1) is 31.1. The zero-order valence-electron chi connectivity index (χ0n) is 20.8. The molecule has 0 aliphatic heterocycles. The smallest absolute Gasteiger partial charge is 0.376 e. The maximum absolute atomic E-state index is 13.2. The third-order valence-electron chi connectivity index (χ3n) is 4.99. The van der Waals surface area contributed by atoms with Crippen LogP contribution in [0, 0.1) is 0 Å². The topological polar surface area (TPSA) is 161 Å². The van der Waals surface area contributed by atoms with Gasteiger partial charge in [-0.25, -0.2) is 0 Å². The van der Waals surface area contributed by atoms with Crippen LogP contribution in [0.5, 0.6) is 0 Å². The van der Waals surface area contributed by atoms with Gasteiger partial charge in [-0.2, -0.15) is 36.5 Å². The molecule has 0 aromatic carbocycles. The number of alkyl halides is 6. The van der Waals surface area contributed by atoms with E-state index in [4.69, 9.17) is 4.74 Å². The average Bonchev–Trinajstić information content (AvgIpc) is 3.44. The molecule has 2 atom stereocenters. The lowest BCUT2D eigenvalue weighted by Gasteiger charge is -2.21. The van der Waals surface area contributed by atoms with Crippen molar-refractivity contribution in [1.29, 1.82) is 0 Å². The summed E-state index contributed by atoms with van der Waals surface area (Å²) in [4.78, 5) is 49.4. The molecule has 0 saturated carbocycles. The van der Waals surface area contributed by atoms with Crippen LogP contribution in [0.4, 0.5) is 26.3 Å². The van der Waals surface area contributed by atoms with E-state index in [1.165, 1.54) is 14.1 Å². The molecule has 2 aromatic heterocycles. The second kappa shape index (κ2) is 12.1. The molecule has 13 nitrogen and oxygen atoms in total. The molecule has 2 heterocycles. The summed E-state index contributed by atoms with van der Waals surface area (Å²) in [6.07, 6.45) is -8.34. The van der Waals surface area contributed by atoms with Crippen molar-refractivity contribution in [2.45, 2.75) is 24.4 Å². The highest BCUT2D eigenvalue weighted by Gasteiger charge is 2.41. The molecule has 4 N–H and O–H groups in total. The van der Waals surface area contributed by atoms with Crippen molar-refractivity contribution in [2.75, 3.05) is 27.3 Å². The Morgan fingerprint density at radius 2 is 1.10 bits per heavy atom. The van der Waals surface area contributed by atoms with Gasteiger partial charge in [0, 0.05) is 40.6 Å². The van der Waals surface area contributed by atoms with Crippen LogP contribution in [0.1, 0.15) is 32.1 Å². The molecule has 39 heavy (non-hydrogen) atoms. The molecule has 4 amide bonds. The van der Waals surface area contributed by atoms with Crippen LogP contribution in [-0.2, 0) is 40.8 Å². The van der Waals surface area contributed by atoms with Gasteiger partial charge in [0.05, 0.1) is 24.3 Å². The summed E-state index contributed by atoms with van der Waals surface area (Å²) in [6, 6.07) is -3.14. The van der Waals surface area contributed by atoms with Gasteiger partial charge in [-0.15, -0.1) is 0 Å². The number of hydrogen-bond acceptors (Lipinski definition) is 7. The fourth-order valence-corrected chi connectivity index (χ4v) is 3.22. The van der Waals surface area contributed by atoms with E-state index in [1.807, 2.05) is 0 Å². The minimum atomic E-state index is -4.97. The number of hydrogen-bond donors (Lipinski definition) is 4. The minimum absolute atomic E-state index is 0.697. The molecule has 19 heteroatoms. The van der Waals surface area contributed by atoms with Crippen LogP contribution in [0.2, 0.25) is 0 Å². The van der Waals surface area contributed by atoms with Crippen molar-refractivity contribution >= 4 is 23.6 Å². The lowest BCUT2D eigenvalue weighted by Crippen LogP contribution is -2.51. The number of halogens is 6. The highest BCUT2D eigenvalue weighted by molar-refractivity contribution is 5.99. The van der Waals surface area contributed by atoms with Crippen molar-refractivity contribution in [3.05, 3.63) is 34.9 Å². The molecule has 0 aliphatic rings. The van der Waals surface area contributed by atoms with E-state index < -0.39 is 83.8 Å². The molecule has 0 fully saturated rings. The summed E-state index contributed by atoms with van der Waals surface area (Å²) >= 11 is 0. The first-order valence-corrected chi connectivity index (χ1v) is 10.8. The van der Waals surface area contributed by atoms with Gasteiger partial charge in [-0.3, -0.25) is 28.5 Å². The number of carbonyl (C=O) groups excluding carboxylic acids is 4. The third-order valence-corrected chi connectivity index (χ3v) is 4.99. The second-order valence-electron chi connectivity index (χ2n) is 7.94. The van der Waals surface area contributed by atoms with Crippen LogP contribution in [0.3, 0.4) is 0 Å². The Morgan fingerprint density at radius 3 is 1.38 bits per heavy atom. The number of amides is 4. The number of aryl methyl sites for hydroxylation is 2. The molecule has 0 saturated heterocycles. The first-order chi connectivity index (χ1) is 18.0. The number of carbonyl (C=O) groups is 4. The van der Waals surface area contributed by atoms with E-state index in [-0.39, 0.29) is 0 Å². The lowest BCUT2D eigenvalue weighted by atomic mass is 10.2. The summed E-state index contributed by atoms with van der Waals surface area (Å²) in [7, 11) is 4.66. The number of likely N-dealkylation sites (N-methyl/N-ethyl adjacent to an activating group) is 2. The Hall–Kier alpha value is -4.16. The van der Waals surface area contributed by atoms with Crippen molar-refractivity contribution in [2.24, 2.45) is 14.1 Å². The Labute approximate surface area is 216 Å². The summed E-state index contributed by atoms with van der Waals surface area (Å²) < 4.78 is 86.0. The van der Waals surface area contributed by atoms with Gasteiger partial charge >= 0.3 is 12.4 Å². The van der Waals surface area contributed by atoms with E-state index in [1.54, 1.807) is 0 Å². The van der Waals surface area contributed by atoms with Crippen LogP contribution in [0.15, 0.2) is 12.4 Å². The molecule has 216 valence electrons. The second-order valence-corrected chi connectivity index (χ2v) is 7.94. The van der Waals surface area contributed by atoms with Gasteiger partial charge in [0.15, 0.2) is 11.4 Å². The molecular weight excluding hydrogens is 546 g/mol. The van der Waals surface area contributed by atoms with E-state index in [0.29, 0.717) is 0 Å². The SMILES string of the molecule is CNC(=O)C(COCC(NC(=O)c1cn(C)nc1C(F)(F)F)C(=O)NC)NC(=O)c1cn(C)nc1C(F)(F)F. The van der Waals surface area contributed by atoms with Gasteiger partial charge < -0.3 is 26.0 Å². The normalized spacial score (nSPS) is 13.4. The highest BCUT2D eigenvalue weighted by Crippen LogP contribution is 2.31. The van der Waals surface area contributed by atoms with Gasteiger partial charge in [-0.05, 0) is 0 Å². The molecule has 2 aromatic rings. The quantitative estimate of drug-likeness (QED) is 0.283. The Balaban J connectivity index is 2.15. The van der Waals surface area contributed by atoms with Crippen molar-refractivity contribution in [3.63, 3.8) is 0 Å². The lowest BCUT2D eigenvalue weighted by molar-refractivity contribution is -0.142. The van der Waals surface area contributed by atoms with Crippen molar-refractivity contribution < 1.29 is 50.3 Å². The van der Waals surface area contributed by atoms with Gasteiger partial charge in [0.2, 0.25) is 11.8 Å². The van der Waals surface area contributed by atoms with Gasteiger partial charge in [0.25, 0.3) is 11.8 Å². The van der Waals surface area contributed by atoms with E-state index >= 15 is 0 Å². The number of rotatable bonds is 10. The van der Waals surface area contributed by atoms with Crippen molar-refractivity contribution in [1.82, 2.24) is 40.8 Å². The zero-order valence-corrected chi connectivity index (χ0v) is 20.8. The maximum Gasteiger partial charge on any atom is 0.435 e. The molecule has 0 bridgehead atoms. The predicted octanol–water partition coefficient (Wildman–Crippen LogP) is -0.403. The summed E-state index contributed by atoms with van der Waals surface area (Å²) in [5.74, 6) is -4.38. The van der Waals surface area contributed by atoms with E-state index in [9.17, 15) is 45.5 Å². The number of nitrogens with one attached hydrogen (secondary N) is 4. The van der Waals surface area contributed by atoms with Crippen LogP contribution < -0.4 is 21.3 Å². The van der Waals surface area contributed by atoms with Crippen LogP contribution in [0.25, 0.3) is 0 Å². The van der Waals surface area contributed by atoms with Gasteiger partial charge in [-0.1, -0.05) is 0 Å². The monoisotopic (exact) mass is 570 g/mol. The third kappa shape index (κ3) is 7.91. The number of aromatic nitrogens is 4. The number of nitrogens with zero attached hydrogens (tertiary/aromatic N) is 4. The Morgan fingerprint density at radius 1 is 0.769 bits per heavy atom. The molecule has 0 aliphatic carbocycles. The average molecular weight is 570 g/mol. The molecule has 2 rings (SSSR count). The summed E-state index contributed by atoms with van der Waals surface area (Å²) in [5.41, 5.74) is -4.72. The van der Waals surface area contributed by atoms with Crippen LogP contribution in [-0.4, -0.2) is 82.6 Å². The summed E-state index contributed by atoms with van der Waals surface area (Å²) in [6.45, 7) is -1.39. The standard InChI is InChI=1S/C20H24F6N8O5/c1-27-17(37)11(29-15(35)9-5-33(3)31-13(9)19(21,22)23)7-39-8-12(18(38)28-2)30-16(36)10-6-34(4)32-14(10)20(24,25)26/h5-6,11-12H,7-8H2,1-4H3,(H,27,37)(H,28,38)(H,29,35)(H,30,36). The molecule has 0 radical (unpaired) electrons. The largest absolute Gasteiger partial charge is 0.435 e. The van der Waals surface area contributed by atoms with E-state index in [0.717, 1.165) is 35.9 Å². The Bertz CT molecular complexity index is 1130.